The second kappa shape index (κ2) is 7.67. The molecular weight excluding hydrogens is 458 g/mol. The molecule has 3 rings (SSSR count). The number of nitrogens with zero attached hydrogens (tertiary/aromatic N) is 3. The van der Waals surface area contributed by atoms with Crippen LogP contribution in [0.5, 0.6) is 0 Å². The number of carbonyl (C=O) groups is 2. The zero-order valence-electron chi connectivity index (χ0n) is 15.2. The number of carbonyl (C=O) groups excluding carboxylic acids is 2. The Labute approximate surface area is 179 Å². The molecule has 1 unspecified atom stereocenters. The van der Waals surface area contributed by atoms with Crippen molar-refractivity contribution in [2.45, 2.75) is 23.9 Å². The number of hydrogen-bond acceptors (Lipinski definition) is 5. The van der Waals surface area contributed by atoms with Crippen molar-refractivity contribution in [3.8, 4) is 0 Å². The summed E-state index contributed by atoms with van der Waals surface area (Å²) in [6.07, 6.45) is -3.54. The van der Waals surface area contributed by atoms with E-state index in [2.05, 4.69) is 4.98 Å². The molecule has 2 aliphatic rings. The molecule has 0 bridgehead atoms. The third-order valence-corrected chi connectivity index (χ3v) is 6.50. The Hall–Kier alpha value is -1.45. The number of anilines is 1. The fourth-order valence-corrected chi connectivity index (χ4v) is 3.96. The van der Waals surface area contributed by atoms with Crippen LogP contribution in [0, 0.1) is 5.41 Å². The van der Waals surface area contributed by atoms with Crippen molar-refractivity contribution in [1.29, 1.82) is 0 Å². The number of hydrogen-bond donors (Lipinski definition) is 0. The Kier molecular flexibility index (Phi) is 5.88. The molecule has 1 atom stereocenters. The van der Waals surface area contributed by atoms with Crippen molar-refractivity contribution >= 4 is 52.5 Å². The lowest BCUT2D eigenvalue weighted by atomic mass is 10.1. The first-order valence-corrected chi connectivity index (χ1v) is 9.79. The molecular formula is C17H17Cl3F3N3O3. The lowest BCUT2D eigenvalue weighted by Gasteiger charge is -2.35. The second-order valence-corrected chi connectivity index (χ2v) is 9.08. The predicted octanol–water partition coefficient (Wildman–Crippen LogP) is 3.53. The summed E-state index contributed by atoms with van der Waals surface area (Å²) in [5, 5.41) is -0.114. The maximum absolute atomic E-state index is 12.7. The monoisotopic (exact) mass is 473 g/mol. The van der Waals surface area contributed by atoms with E-state index in [1.807, 2.05) is 0 Å². The Morgan fingerprint density at radius 2 is 1.83 bits per heavy atom. The van der Waals surface area contributed by atoms with Gasteiger partial charge in [0.25, 0.3) is 5.91 Å². The van der Waals surface area contributed by atoms with Crippen LogP contribution in [0.3, 0.4) is 0 Å². The van der Waals surface area contributed by atoms with Crippen molar-refractivity contribution in [2.24, 2.45) is 5.41 Å². The van der Waals surface area contributed by atoms with E-state index in [0.717, 1.165) is 12.3 Å². The molecule has 1 aromatic rings. The number of aromatic nitrogens is 1. The highest BCUT2D eigenvalue weighted by Crippen LogP contribution is 2.64. The van der Waals surface area contributed by atoms with Crippen molar-refractivity contribution in [1.82, 2.24) is 9.88 Å². The van der Waals surface area contributed by atoms with Crippen molar-refractivity contribution in [3.05, 3.63) is 22.8 Å². The number of rotatable bonds is 4. The van der Waals surface area contributed by atoms with Crippen LogP contribution in [0.25, 0.3) is 0 Å². The van der Waals surface area contributed by atoms with Crippen LogP contribution in [0.2, 0.25) is 5.02 Å². The standard InChI is InChI=1S/C17H17Cl3F3N3O3/c1-15(9-16(15,19)20)14(28)29-8-12(27)25-2-4-26(5-3-25)13-11(18)6-10(7-24-13)17(21,22)23/h6-7H,2-5,8-9H2,1H3. The highest BCUT2D eigenvalue weighted by molar-refractivity contribution is 6.53. The number of ether oxygens (including phenoxy) is 1. The average molecular weight is 475 g/mol. The van der Waals surface area contributed by atoms with Gasteiger partial charge in [-0.2, -0.15) is 13.2 Å². The van der Waals surface area contributed by atoms with E-state index in [-0.39, 0.29) is 36.3 Å². The van der Waals surface area contributed by atoms with Gasteiger partial charge in [0, 0.05) is 38.8 Å². The molecule has 1 amide bonds. The molecule has 2 heterocycles. The molecule has 1 aromatic heterocycles. The highest BCUT2D eigenvalue weighted by Gasteiger charge is 2.69. The van der Waals surface area contributed by atoms with Crippen molar-refractivity contribution in [2.75, 3.05) is 37.7 Å². The molecule has 1 aliphatic carbocycles. The molecule has 1 saturated heterocycles. The van der Waals surface area contributed by atoms with Gasteiger partial charge < -0.3 is 14.5 Å². The minimum Gasteiger partial charge on any atom is -0.455 e. The van der Waals surface area contributed by atoms with E-state index in [9.17, 15) is 22.8 Å². The lowest BCUT2D eigenvalue weighted by Crippen LogP contribution is -2.50. The molecule has 12 heteroatoms. The van der Waals surface area contributed by atoms with Gasteiger partial charge >= 0.3 is 12.1 Å². The molecule has 0 aromatic carbocycles. The van der Waals surface area contributed by atoms with E-state index in [1.54, 1.807) is 11.8 Å². The average Bonchev–Trinajstić information content (AvgIpc) is 3.17. The van der Waals surface area contributed by atoms with Gasteiger partial charge in [0.2, 0.25) is 0 Å². The first-order valence-electron chi connectivity index (χ1n) is 8.66. The van der Waals surface area contributed by atoms with Crippen LogP contribution in [0.1, 0.15) is 18.9 Å². The summed E-state index contributed by atoms with van der Waals surface area (Å²) in [4.78, 5) is 31.3. The van der Waals surface area contributed by atoms with E-state index in [0.29, 0.717) is 13.1 Å². The maximum Gasteiger partial charge on any atom is 0.417 e. The number of pyridine rings is 1. The number of amides is 1. The summed E-state index contributed by atoms with van der Waals surface area (Å²) < 4.78 is 42.0. The number of piperazine rings is 1. The summed E-state index contributed by atoms with van der Waals surface area (Å²) >= 11 is 17.8. The molecule has 29 heavy (non-hydrogen) atoms. The Morgan fingerprint density at radius 1 is 1.24 bits per heavy atom. The van der Waals surface area contributed by atoms with E-state index in [4.69, 9.17) is 39.5 Å². The topological polar surface area (TPSA) is 62.7 Å². The highest BCUT2D eigenvalue weighted by atomic mass is 35.5. The van der Waals surface area contributed by atoms with Crippen LogP contribution in [0.4, 0.5) is 19.0 Å². The quantitative estimate of drug-likeness (QED) is 0.494. The van der Waals surface area contributed by atoms with Crippen LogP contribution < -0.4 is 4.90 Å². The molecule has 1 aliphatic heterocycles. The van der Waals surface area contributed by atoms with Crippen LogP contribution in [-0.2, 0) is 20.5 Å². The third-order valence-electron chi connectivity index (χ3n) is 5.12. The normalized spacial score (nSPS) is 23.7. The zero-order valence-corrected chi connectivity index (χ0v) is 17.5. The first kappa shape index (κ1) is 22.2. The van der Waals surface area contributed by atoms with E-state index >= 15 is 0 Å². The molecule has 160 valence electrons. The van der Waals surface area contributed by atoms with E-state index < -0.39 is 34.1 Å². The number of esters is 1. The summed E-state index contributed by atoms with van der Waals surface area (Å²) in [7, 11) is 0. The van der Waals surface area contributed by atoms with Gasteiger partial charge in [0.1, 0.15) is 15.6 Å². The third kappa shape index (κ3) is 4.51. The van der Waals surface area contributed by atoms with E-state index in [1.165, 1.54) is 4.90 Å². The van der Waals surface area contributed by atoms with Gasteiger partial charge in [-0.1, -0.05) is 11.6 Å². The van der Waals surface area contributed by atoms with Gasteiger partial charge in [-0.3, -0.25) is 9.59 Å². The smallest absolute Gasteiger partial charge is 0.417 e. The molecule has 1 saturated carbocycles. The van der Waals surface area contributed by atoms with Gasteiger partial charge in [-0.25, -0.2) is 4.98 Å². The number of alkyl halides is 5. The second-order valence-electron chi connectivity index (χ2n) is 7.18. The molecule has 2 fully saturated rings. The molecule has 0 spiro atoms. The minimum absolute atomic E-state index is 0.114. The fraction of sp³-hybridized carbons (Fsp3) is 0.588. The van der Waals surface area contributed by atoms with Gasteiger partial charge in [0.15, 0.2) is 6.61 Å². The van der Waals surface area contributed by atoms with Crippen LogP contribution in [0.15, 0.2) is 12.3 Å². The molecule has 0 radical (unpaired) electrons. The summed E-state index contributed by atoms with van der Waals surface area (Å²) in [5.41, 5.74) is -1.94. The zero-order chi connectivity index (χ0) is 21.6. The Bertz CT molecular complexity index is 829. The fourth-order valence-electron chi connectivity index (χ4n) is 2.99. The van der Waals surface area contributed by atoms with Crippen molar-refractivity contribution in [3.63, 3.8) is 0 Å². The SMILES string of the molecule is CC1(C(=O)OCC(=O)N2CCN(c3ncc(C(F)(F)F)cc3Cl)CC2)CC1(Cl)Cl. The minimum atomic E-state index is -4.53. The van der Waals surface area contributed by atoms with Crippen LogP contribution >= 0.6 is 34.8 Å². The van der Waals surface area contributed by atoms with Gasteiger partial charge in [0.05, 0.1) is 10.6 Å². The predicted molar refractivity (Wildman–Crippen MR) is 101 cm³/mol. The van der Waals surface area contributed by atoms with Crippen molar-refractivity contribution < 1.29 is 27.5 Å². The number of halogens is 6. The van der Waals surface area contributed by atoms with Crippen LogP contribution in [-0.4, -0.2) is 58.9 Å². The first-order chi connectivity index (χ1) is 13.3. The largest absolute Gasteiger partial charge is 0.455 e. The Balaban J connectivity index is 1.51. The lowest BCUT2D eigenvalue weighted by molar-refractivity contribution is -0.156. The summed E-state index contributed by atoms with van der Waals surface area (Å²) in [6, 6.07) is 0.826. The van der Waals surface area contributed by atoms with Gasteiger partial charge in [-0.15, -0.1) is 23.2 Å². The molecule has 6 nitrogen and oxygen atoms in total. The van der Waals surface area contributed by atoms with Gasteiger partial charge in [-0.05, 0) is 13.0 Å². The Morgan fingerprint density at radius 3 is 2.31 bits per heavy atom. The maximum atomic E-state index is 12.7. The summed E-state index contributed by atoms with van der Waals surface area (Å²) in [6.45, 7) is 2.34. The molecule has 0 N–H and O–H groups in total. The summed E-state index contributed by atoms with van der Waals surface area (Å²) in [5.74, 6) is -0.792.